The van der Waals surface area contributed by atoms with Crippen LogP contribution in [0.2, 0.25) is 5.02 Å². The fraction of sp³-hybridized carbons (Fsp3) is 0.167. The summed E-state index contributed by atoms with van der Waals surface area (Å²) in [5.41, 5.74) is 4.15. The third kappa shape index (κ3) is 4.00. The second-order valence-corrected chi connectivity index (χ2v) is 7.45. The molecule has 0 aliphatic carbocycles. The molecule has 1 aliphatic rings. The quantitative estimate of drug-likeness (QED) is 0.517. The summed E-state index contributed by atoms with van der Waals surface area (Å²) in [6.07, 6.45) is 2.41. The van der Waals surface area contributed by atoms with E-state index in [1.165, 1.54) is 11.6 Å². The van der Waals surface area contributed by atoms with E-state index in [-0.39, 0.29) is 17.6 Å². The van der Waals surface area contributed by atoms with Crippen LogP contribution in [0.4, 0.5) is 4.39 Å². The van der Waals surface area contributed by atoms with Gasteiger partial charge in [0.15, 0.2) is 0 Å². The van der Waals surface area contributed by atoms with Crippen molar-refractivity contribution in [2.75, 3.05) is 0 Å². The summed E-state index contributed by atoms with van der Waals surface area (Å²) in [6, 6.07) is 19.7. The Kier molecular flexibility index (Phi) is 5.56. The Bertz CT molecular complexity index is 1030. The van der Waals surface area contributed by atoms with E-state index in [1.807, 2.05) is 30.3 Å². The zero-order chi connectivity index (χ0) is 20.4. The molecule has 0 saturated carbocycles. The molecule has 0 radical (unpaired) electrons. The van der Waals surface area contributed by atoms with Crippen molar-refractivity contribution in [1.82, 2.24) is 10.6 Å². The van der Waals surface area contributed by atoms with Gasteiger partial charge in [-0.15, -0.1) is 0 Å². The minimum atomic E-state index is -0.556. The number of hydrogen-bond donors (Lipinski definition) is 3. The Labute approximate surface area is 174 Å². The highest BCUT2D eigenvalue weighted by Crippen LogP contribution is 2.35. The summed E-state index contributed by atoms with van der Waals surface area (Å²) in [7, 11) is 0. The highest BCUT2D eigenvalue weighted by atomic mass is 35.5. The van der Waals surface area contributed by atoms with E-state index in [2.05, 4.69) is 29.7 Å². The predicted molar refractivity (Wildman–Crippen MR) is 115 cm³/mol. The summed E-state index contributed by atoms with van der Waals surface area (Å²) < 4.78 is 14.6. The summed E-state index contributed by atoms with van der Waals surface area (Å²) in [5.74, 6) is -0.205. The van der Waals surface area contributed by atoms with Gasteiger partial charge in [-0.05, 0) is 41.8 Å². The van der Waals surface area contributed by atoms with Crippen LogP contribution in [0.3, 0.4) is 0 Å². The molecule has 0 aromatic heterocycles. The molecule has 3 N–H and O–H groups in total. The Morgan fingerprint density at radius 2 is 1.76 bits per heavy atom. The van der Waals surface area contributed by atoms with Gasteiger partial charge >= 0.3 is 0 Å². The van der Waals surface area contributed by atoms with Gasteiger partial charge in [0, 0.05) is 16.8 Å². The van der Waals surface area contributed by atoms with Gasteiger partial charge in [-0.1, -0.05) is 67.1 Å². The molecule has 0 amide bonds. The third-order valence-corrected chi connectivity index (χ3v) is 5.54. The molecule has 5 heteroatoms. The van der Waals surface area contributed by atoms with Gasteiger partial charge in [0.05, 0.1) is 11.1 Å². The molecule has 1 aliphatic heterocycles. The number of hydrogen-bond acceptors (Lipinski definition) is 3. The van der Waals surface area contributed by atoms with Crippen molar-refractivity contribution in [3.8, 4) is 5.75 Å². The van der Waals surface area contributed by atoms with Gasteiger partial charge in [0.2, 0.25) is 0 Å². The maximum atomic E-state index is 14.6. The fourth-order valence-corrected chi connectivity index (χ4v) is 3.88. The SMILES string of the molecule is CCc1ccc(C2=CC(c3ccccc3O)NC(c3c(F)cccc3Cl)N2)cc1. The molecule has 2 atom stereocenters. The Balaban J connectivity index is 1.79. The van der Waals surface area contributed by atoms with Crippen LogP contribution in [0.1, 0.15) is 41.4 Å². The largest absolute Gasteiger partial charge is 0.508 e. The smallest absolute Gasteiger partial charge is 0.131 e. The number of para-hydroxylation sites is 1. The second-order valence-electron chi connectivity index (χ2n) is 7.05. The van der Waals surface area contributed by atoms with Crippen molar-refractivity contribution in [1.29, 1.82) is 0 Å². The lowest BCUT2D eigenvalue weighted by molar-refractivity contribution is 0.409. The van der Waals surface area contributed by atoms with Crippen LogP contribution in [-0.4, -0.2) is 5.11 Å². The number of benzene rings is 3. The van der Waals surface area contributed by atoms with Crippen molar-refractivity contribution < 1.29 is 9.50 Å². The first kappa shape index (κ1) is 19.5. The van der Waals surface area contributed by atoms with Crippen LogP contribution < -0.4 is 10.6 Å². The molecule has 3 aromatic rings. The fourth-order valence-electron chi connectivity index (χ4n) is 3.61. The van der Waals surface area contributed by atoms with Gasteiger partial charge in [-0.3, -0.25) is 5.32 Å². The van der Waals surface area contributed by atoms with Crippen molar-refractivity contribution in [2.24, 2.45) is 0 Å². The summed E-state index contributed by atoms with van der Waals surface area (Å²) in [6.45, 7) is 2.11. The monoisotopic (exact) mass is 408 g/mol. The highest BCUT2D eigenvalue weighted by molar-refractivity contribution is 6.31. The normalized spacial score (nSPS) is 18.8. The Hall–Kier alpha value is -2.82. The van der Waals surface area contributed by atoms with E-state index in [4.69, 9.17) is 11.6 Å². The first-order valence-corrected chi connectivity index (χ1v) is 10.00. The van der Waals surface area contributed by atoms with Gasteiger partial charge in [0.1, 0.15) is 17.7 Å². The minimum Gasteiger partial charge on any atom is -0.508 e. The lowest BCUT2D eigenvalue weighted by Gasteiger charge is -2.34. The average Bonchev–Trinajstić information content (AvgIpc) is 2.74. The molecule has 0 saturated heterocycles. The second kappa shape index (κ2) is 8.27. The molecular formula is C24H22ClFN2O. The van der Waals surface area contributed by atoms with Crippen LogP contribution in [0.15, 0.2) is 72.8 Å². The van der Waals surface area contributed by atoms with Gasteiger partial charge in [-0.25, -0.2) is 4.39 Å². The van der Waals surface area contributed by atoms with Crippen molar-refractivity contribution >= 4 is 17.3 Å². The Morgan fingerprint density at radius 1 is 1.00 bits per heavy atom. The molecule has 148 valence electrons. The predicted octanol–water partition coefficient (Wildman–Crippen LogP) is 5.72. The third-order valence-electron chi connectivity index (χ3n) is 5.21. The molecule has 3 nitrogen and oxygen atoms in total. The number of halogens is 2. The first-order valence-electron chi connectivity index (χ1n) is 9.62. The van der Waals surface area contributed by atoms with E-state index in [1.54, 1.807) is 24.3 Å². The maximum absolute atomic E-state index is 14.6. The van der Waals surface area contributed by atoms with Gasteiger partial charge < -0.3 is 10.4 Å². The van der Waals surface area contributed by atoms with E-state index in [0.29, 0.717) is 16.1 Å². The van der Waals surface area contributed by atoms with Crippen LogP contribution in [0.25, 0.3) is 5.70 Å². The summed E-state index contributed by atoms with van der Waals surface area (Å²) in [5, 5.41) is 17.4. The molecule has 1 heterocycles. The number of aromatic hydroxyl groups is 1. The maximum Gasteiger partial charge on any atom is 0.131 e. The molecule has 4 rings (SSSR count). The molecule has 0 bridgehead atoms. The number of phenols is 1. The molecule has 3 aromatic carbocycles. The molecular weight excluding hydrogens is 387 g/mol. The van der Waals surface area contributed by atoms with Crippen LogP contribution in [-0.2, 0) is 6.42 Å². The van der Waals surface area contributed by atoms with Crippen LogP contribution >= 0.6 is 11.6 Å². The zero-order valence-corrected chi connectivity index (χ0v) is 16.7. The summed E-state index contributed by atoms with van der Waals surface area (Å²) >= 11 is 6.33. The van der Waals surface area contributed by atoms with E-state index < -0.39 is 6.17 Å². The lowest BCUT2D eigenvalue weighted by Crippen LogP contribution is -2.40. The van der Waals surface area contributed by atoms with Crippen molar-refractivity contribution in [3.05, 3.63) is 106 Å². The topological polar surface area (TPSA) is 44.3 Å². The van der Waals surface area contributed by atoms with Crippen LogP contribution in [0, 0.1) is 5.82 Å². The minimum absolute atomic E-state index is 0.183. The lowest BCUT2D eigenvalue weighted by atomic mass is 9.97. The molecule has 0 fully saturated rings. The number of aryl methyl sites for hydroxylation is 1. The number of rotatable bonds is 4. The number of nitrogens with one attached hydrogen (secondary N) is 2. The molecule has 0 spiro atoms. The van der Waals surface area contributed by atoms with E-state index >= 15 is 0 Å². The van der Waals surface area contributed by atoms with E-state index in [0.717, 1.165) is 17.7 Å². The highest BCUT2D eigenvalue weighted by Gasteiger charge is 2.28. The van der Waals surface area contributed by atoms with Crippen molar-refractivity contribution in [3.63, 3.8) is 0 Å². The Morgan fingerprint density at radius 3 is 2.45 bits per heavy atom. The summed E-state index contributed by atoms with van der Waals surface area (Å²) in [4.78, 5) is 0. The number of phenolic OH excluding ortho intramolecular Hbond substituents is 1. The molecule has 29 heavy (non-hydrogen) atoms. The standard InChI is InChI=1S/C24H22ClFN2O/c1-2-15-10-12-16(13-11-15)20-14-21(17-6-3-4-9-22(17)29)28-24(27-20)23-18(25)7-5-8-19(23)26/h3-14,21,24,27-29H,2H2,1H3. The van der Waals surface area contributed by atoms with Gasteiger partial charge in [0.25, 0.3) is 0 Å². The average molecular weight is 409 g/mol. The molecule has 2 unspecified atom stereocenters. The van der Waals surface area contributed by atoms with Crippen molar-refractivity contribution in [2.45, 2.75) is 25.6 Å². The zero-order valence-electron chi connectivity index (χ0n) is 16.0. The van der Waals surface area contributed by atoms with Crippen LogP contribution in [0.5, 0.6) is 5.75 Å². The van der Waals surface area contributed by atoms with E-state index in [9.17, 15) is 9.50 Å². The van der Waals surface area contributed by atoms with Gasteiger partial charge in [-0.2, -0.15) is 0 Å². The first-order chi connectivity index (χ1) is 14.1.